The Hall–Kier alpha value is -2.64. The molecule has 0 N–H and O–H groups in total. The van der Waals surface area contributed by atoms with E-state index in [9.17, 15) is 19.7 Å². The quantitative estimate of drug-likeness (QED) is 0.464. The van der Waals surface area contributed by atoms with Crippen LogP contribution in [-0.4, -0.2) is 55.0 Å². The zero-order chi connectivity index (χ0) is 18.7. The van der Waals surface area contributed by atoms with Crippen LogP contribution in [0.4, 0.5) is 11.4 Å². The van der Waals surface area contributed by atoms with Gasteiger partial charge in [-0.2, -0.15) is 0 Å². The molecule has 0 aliphatic carbocycles. The van der Waals surface area contributed by atoms with E-state index in [-0.39, 0.29) is 23.1 Å². The first-order valence-corrected chi connectivity index (χ1v) is 8.91. The van der Waals surface area contributed by atoms with Gasteiger partial charge in [-0.25, -0.2) is 4.79 Å². The molecule has 2 aliphatic heterocycles. The minimum absolute atomic E-state index is 0.0440. The fourth-order valence-corrected chi connectivity index (χ4v) is 3.73. The smallest absolute Gasteiger partial charge is 0.344 e. The second kappa shape index (κ2) is 7.72. The topological polar surface area (TPSA) is 93.0 Å². The number of rotatable bonds is 4. The number of anilines is 1. The van der Waals surface area contributed by atoms with Gasteiger partial charge in [0.05, 0.1) is 12.0 Å². The van der Waals surface area contributed by atoms with E-state index in [2.05, 4.69) is 9.64 Å². The Morgan fingerprint density at radius 3 is 2.38 bits per heavy atom. The number of carbonyl (C=O) groups is 2. The minimum atomic E-state index is -0.724. The highest BCUT2D eigenvalue weighted by Crippen LogP contribution is 2.29. The Morgan fingerprint density at radius 1 is 1.15 bits per heavy atom. The van der Waals surface area contributed by atoms with Crippen LogP contribution in [0.25, 0.3) is 0 Å². The van der Waals surface area contributed by atoms with Crippen molar-refractivity contribution in [1.82, 2.24) is 4.90 Å². The van der Waals surface area contributed by atoms with Crippen molar-refractivity contribution in [1.29, 1.82) is 0 Å². The summed E-state index contributed by atoms with van der Waals surface area (Å²) >= 11 is 0. The Morgan fingerprint density at radius 2 is 1.81 bits per heavy atom. The van der Waals surface area contributed by atoms with Crippen LogP contribution in [0.15, 0.2) is 18.2 Å². The standard InChI is InChI=1S/C18H23N3O5/c1-26-18(23)15-12-14(4-5-16(15)21(24)25)19-10-6-13(7-11-19)17(22)20-8-2-3-9-20/h4-5,12-13H,2-3,6-11H2,1H3. The number of ether oxygens (including phenoxy) is 1. The van der Waals surface area contributed by atoms with Crippen LogP contribution in [0.2, 0.25) is 0 Å². The number of methoxy groups -OCH3 is 1. The Balaban J connectivity index is 1.70. The number of nitro benzene ring substituents is 1. The lowest BCUT2D eigenvalue weighted by Crippen LogP contribution is -2.41. The summed E-state index contributed by atoms with van der Waals surface area (Å²) in [6.07, 6.45) is 3.67. The van der Waals surface area contributed by atoms with Crippen molar-refractivity contribution in [2.45, 2.75) is 25.7 Å². The summed E-state index contributed by atoms with van der Waals surface area (Å²) < 4.78 is 4.66. The molecule has 0 bridgehead atoms. The van der Waals surface area contributed by atoms with E-state index in [1.807, 2.05) is 4.90 Å². The van der Waals surface area contributed by atoms with Crippen LogP contribution in [0.5, 0.6) is 0 Å². The van der Waals surface area contributed by atoms with Crippen molar-refractivity contribution in [2.75, 3.05) is 38.2 Å². The van der Waals surface area contributed by atoms with Gasteiger partial charge in [0, 0.05) is 43.9 Å². The monoisotopic (exact) mass is 361 g/mol. The predicted octanol–water partition coefficient (Wildman–Crippen LogP) is 2.22. The number of benzene rings is 1. The Kier molecular flexibility index (Phi) is 5.39. The van der Waals surface area contributed by atoms with Gasteiger partial charge in [0.25, 0.3) is 5.69 Å². The molecule has 0 aromatic heterocycles. The van der Waals surface area contributed by atoms with Crippen molar-refractivity contribution in [3.63, 3.8) is 0 Å². The molecule has 0 atom stereocenters. The van der Waals surface area contributed by atoms with E-state index in [0.717, 1.165) is 44.5 Å². The van der Waals surface area contributed by atoms with E-state index in [4.69, 9.17) is 0 Å². The fraction of sp³-hybridized carbons (Fsp3) is 0.556. The number of likely N-dealkylation sites (tertiary alicyclic amines) is 1. The summed E-state index contributed by atoms with van der Waals surface area (Å²) in [6, 6.07) is 4.49. The first-order chi connectivity index (χ1) is 12.5. The van der Waals surface area contributed by atoms with Crippen LogP contribution in [0.3, 0.4) is 0 Å². The molecule has 2 heterocycles. The number of piperidine rings is 1. The number of hydrogen-bond acceptors (Lipinski definition) is 6. The Labute approximate surface area is 151 Å². The number of esters is 1. The van der Waals surface area contributed by atoms with E-state index in [1.54, 1.807) is 6.07 Å². The summed E-state index contributed by atoms with van der Waals surface area (Å²) in [6.45, 7) is 3.10. The normalized spacial score (nSPS) is 18.0. The largest absolute Gasteiger partial charge is 0.465 e. The van der Waals surface area contributed by atoms with Crippen molar-refractivity contribution in [3.05, 3.63) is 33.9 Å². The lowest BCUT2D eigenvalue weighted by atomic mass is 9.94. The second-order valence-electron chi connectivity index (χ2n) is 6.74. The number of nitrogens with zero attached hydrogens (tertiary/aromatic N) is 3. The third-order valence-corrected chi connectivity index (χ3v) is 5.21. The van der Waals surface area contributed by atoms with Gasteiger partial charge < -0.3 is 14.5 Å². The molecule has 1 aromatic carbocycles. The van der Waals surface area contributed by atoms with E-state index in [0.29, 0.717) is 13.1 Å². The molecule has 8 heteroatoms. The van der Waals surface area contributed by atoms with Crippen LogP contribution >= 0.6 is 0 Å². The molecular weight excluding hydrogens is 338 g/mol. The molecule has 1 aromatic rings. The first-order valence-electron chi connectivity index (χ1n) is 8.91. The molecule has 3 rings (SSSR count). The maximum atomic E-state index is 12.5. The van der Waals surface area contributed by atoms with Crippen molar-refractivity contribution < 1.29 is 19.2 Å². The van der Waals surface area contributed by atoms with Crippen molar-refractivity contribution in [2.24, 2.45) is 5.92 Å². The first kappa shape index (κ1) is 18.2. The van der Waals surface area contributed by atoms with E-state index >= 15 is 0 Å². The minimum Gasteiger partial charge on any atom is -0.465 e. The molecule has 0 unspecified atom stereocenters. The van der Waals surface area contributed by atoms with Gasteiger partial charge in [-0.1, -0.05) is 0 Å². The van der Waals surface area contributed by atoms with Crippen LogP contribution in [0, 0.1) is 16.0 Å². The number of nitro groups is 1. The van der Waals surface area contributed by atoms with Gasteiger partial charge >= 0.3 is 5.97 Å². The average molecular weight is 361 g/mol. The molecule has 2 fully saturated rings. The third kappa shape index (κ3) is 3.63. The van der Waals surface area contributed by atoms with Gasteiger partial charge in [-0.3, -0.25) is 14.9 Å². The molecule has 0 saturated carbocycles. The lowest BCUT2D eigenvalue weighted by Gasteiger charge is -2.34. The highest BCUT2D eigenvalue weighted by molar-refractivity contribution is 5.95. The van der Waals surface area contributed by atoms with Gasteiger partial charge in [-0.05, 0) is 37.8 Å². The number of carbonyl (C=O) groups excluding carboxylic acids is 2. The summed E-state index contributed by atoms with van der Waals surface area (Å²) in [4.78, 5) is 38.9. The second-order valence-corrected chi connectivity index (χ2v) is 6.74. The zero-order valence-corrected chi connectivity index (χ0v) is 14.8. The molecule has 8 nitrogen and oxygen atoms in total. The zero-order valence-electron chi connectivity index (χ0n) is 14.8. The molecule has 26 heavy (non-hydrogen) atoms. The maximum Gasteiger partial charge on any atom is 0.344 e. The maximum absolute atomic E-state index is 12.5. The van der Waals surface area contributed by atoms with E-state index < -0.39 is 10.9 Å². The molecule has 1 amide bonds. The predicted molar refractivity (Wildman–Crippen MR) is 95.2 cm³/mol. The number of hydrogen-bond donors (Lipinski definition) is 0. The van der Waals surface area contributed by atoms with Gasteiger partial charge in [0.1, 0.15) is 5.56 Å². The summed E-state index contributed by atoms with van der Waals surface area (Å²) in [5.74, 6) is -0.429. The molecular formula is C18H23N3O5. The fourth-order valence-electron chi connectivity index (χ4n) is 3.73. The van der Waals surface area contributed by atoms with Crippen molar-refractivity contribution >= 4 is 23.3 Å². The molecule has 2 aliphatic rings. The number of amides is 1. The summed E-state index contributed by atoms with van der Waals surface area (Å²) in [5, 5.41) is 11.1. The molecule has 0 spiro atoms. The highest BCUT2D eigenvalue weighted by atomic mass is 16.6. The van der Waals surface area contributed by atoms with E-state index in [1.165, 1.54) is 19.2 Å². The molecule has 2 saturated heterocycles. The molecule has 0 radical (unpaired) electrons. The summed E-state index contributed by atoms with van der Waals surface area (Å²) in [5.41, 5.74) is 0.424. The average Bonchev–Trinajstić information content (AvgIpc) is 3.21. The van der Waals surface area contributed by atoms with Crippen molar-refractivity contribution in [3.8, 4) is 0 Å². The van der Waals surface area contributed by atoms with Crippen LogP contribution in [-0.2, 0) is 9.53 Å². The van der Waals surface area contributed by atoms with Gasteiger partial charge in [-0.15, -0.1) is 0 Å². The van der Waals surface area contributed by atoms with Gasteiger partial charge in [0.2, 0.25) is 5.91 Å². The van der Waals surface area contributed by atoms with Crippen LogP contribution in [0.1, 0.15) is 36.0 Å². The molecule has 140 valence electrons. The van der Waals surface area contributed by atoms with Gasteiger partial charge in [0.15, 0.2) is 0 Å². The SMILES string of the molecule is COC(=O)c1cc(N2CCC(C(=O)N3CCCC3)CC2)ccc1[N+](=O)[O-]. The lowest BCUT2D eigenvalue weighted by molar-refractivity contribution is -0.385. The Bertz CT molecular complexity index is 707. The highest BCUT2D eigenvalue weighted by Gasteiger charge is 2.30. The summed E-state index contributed by atoms with van der Waals surface area (Å²) in [7, 11) is 1.20. The third-order valence-electron chi connectivity index (χ3n) is 5.21. The van der Waals surface area contributed by atoms with Crippen LogP contribution < -0.4 is 4.90 Å².